The molecule has 1 nitrogen and oxygen atoms in total. The highest BCUT2D eigenvalue weighted by atomic mass is 79.9. The Morgan fingerprint density at radius 3 is 2.15 bits per heavy atom. The van der Waals surface area contributed by atoms with Crippen molar-refractivity contribution in [2.75, 3.05) is 6.61 Å². The van der Waals surface area contributed by atoms with Crippen LogP contribution in [0.3, 0.4) is 0 Å². The van der Waals surface area contributed by atoms with Gasteiger partial charge < -0.3 is 5.11 Å². The second-order valence-electron chi connectivity index (χ2n) is 4.23. The predicted octanol–water partition coefficient (Wildman–Crippen LogP) is 3.72. The average Bonchev–Trinajstić information content (AvgIpc) is 1.99. The number of hydrogen-bond acceptors (Lipinski definition) is 1. The molecule has 0 spiro atoms. The van der Waals surface area contributed by atoms with Crippen molar-refractivity contribution in [3.63, 3.8) is 0 Å². The average molecular weight is 316 g/mol. The minimum atomic E-state index is 0.159. The van der Waals surface area contributed by atoms with Gasteiger partial charge in [-0.15, -0.1) is 0 Å². The van der Waals surface area contributed by atoms with Crippen LogP contribution < -0.4 is 0 Å². The van der Waals surface area contributed by atoms with E-state index in [-0.39, 0.29) is 4.32 Å². The summed E-state index contributed by atoms with van der Waals surface area (Å²) in [5, 5.41) is 8.74. The number of aliphatic hydroxyl groups excluding tert-OH is 1. The summed E-state index contributed by atoms with van der Waals surface area (Å²) in [6, 6.07) is 0. The van der Waals surface area contributed by atoms with Crippen LogP contribution in [0.1, 0.15) is 40.0 Å². The largest absolute Gasteiger partial charge is 0.396 e. The molecule has 0 heterocycles. The Morgan fingerprint density at radius 2 is 1.77 bits per heavy atom. The minimum Gasteiger partial charge on any atom is -0.396 e. The molecule has 80 valence electrons. The lowest BCUT2D eigenvalue weighted by molar-refractivity contribution is 0.256. The number of aliphatic hydroxyl groups is 1. The molecule has 0 aliphatic rings. The first-order valence-corrected chi connectivity index (χ1v) is 6.52. The molecular weight excluding hydrogens is 296 g/mol. The minimum absolute atomic E-state index is 0.159. The highest BCUT2D eigenvalue weighted by molar-refractivity contribution is 9.12. The number of hydrogen-bond donors (Lipinski definition) is 1. The van der Waals surface area contributed by atoms with Crippen molar-refractivity contribution in [2.45, 2.75) is 49.2 Å². The first kappa shape index (κ1) is 13.9. The van der Waals surface area contributed by atoms with Crippen molar-refractivity contribution in [3.05, 3.63) is 0 Å². The van der Waals surface area contributed by atoms with Gasteiger partial charge in [-0.25, -0.2) is 0 Å². The van der Waals surface area contributed by atoms with Crippen LogP contribution in [0.5, 0.6) is 0 Å². The molecule has 0 rings (SSSR count). The monoisotopic (exact) mass is 314 g/mol. The van der Waals surface area contributed by atoms with Gasteiger partial charge in [-0.3, -0.25) is 0 Å². The summed E-state index contributed by atoms with van der Waals surface area (Å²) < 4.78 is 0.159. The van der Waals surface area contributed by atoms with Crippen LogP contribution in [0.25, 0.3) is 0 Å². The van der Waals surface area contributed by atoms with Gasteiger partial charge in [0, 0.05) is 15.8 Å². The van der Waals surface area contributed by atoms with Crippen molar-refractivity contribution in [1.29, 1.82) is 0 Å². The summed E-state index contributed by atoms with van der Waals surface area (Å²) >= 11 is 7.31. The Balaban J connectivity index is 3.63. The molecule has 0 aliphatic carbocycles. The molecule has 3 heteroatoms. The number of rotatable bonds is 6. The quantitative estimate of drug-likeness (QED) is 0.741. The second-order valence-corrected chi connectivity index (χ2v) is 7.38. The highest BCUT2D eigenvalue weighted by Gasteiger charge is 2.23. The molecule has 0 fully saturated rings. The fraction of sp³-hybridized carbons (Fsp3) is 1.00. The smallest absolute Gasteiger partial charge is 0.0433 e. The summed E-state index contributed by atoms with van der Waals surface area (Å²) in [5.41, 5.74) is 0. The second kappa shape index (κ2) is 6.41. The van der Waals surface area contributed by atoms with E-state index in [1.165, 1.54) is 6.42 Å². The van der Waals surface area contributed by atoms with E-state index in [1.807, 2.05) is 0 Å². The first-order chi connectivity index (χ1) is 5.88. The summed E-state index contributed by atoms with van der Waals surface area (Å²) in [6.07, 6.45) is 3.24. The first-order valence-electron chi connectivity index (χ1n) is 4.81. The Kier molecular flexibility index (Phi) is 6.87. The molecule has 13 heavy (non-hydrogen) atoms. The number of halogens is 2. The topological polar surface area (TPSA) is 20.2 Å². The zero-order valence-electron chi connectivity index (χ0n) is 8.69. The third-order valence-electron chi connectivity index (χ3n) is 2.28. The molecule has 0 saturated heterocycles. The van der Waals surface area contributed by atoms with E-state index in [9.17, 15) is 0 Å². The van der Waals surface area contributed by atoms with Crippen LogP contribution in [0.15, 0.2) is 0 Å². The van der Waals surface area contributed by atoms with Crippen LogP contribution in [0.2, 0.25) is 0 Å². The fourth-order valence-corrected chi connectivity index (χ4v) is 1.63. The van der Waals surface area contributed by atoms with E-state index in [0.717, 1.165) is 12.8 Å². The lowest BCUT2D eigenvalue weighted by Gasteiger charge is -2.24. The van der Waals surface area contributed by atoms with Crippen molar-refractivity contribution >= 4 is 31.9 Å². The van der Waals surface area contributed by atoms with Gasteiger partial charge in [0.05, 0.1) is 0 Å². The van der Waals surface area contributed by atoms with E-state index in [1.54, 1.807) is 0 Å². The van der Waals surface area contributed by atoms with Crippen LogP contribution >= 0.6 is 31.9 Å². The van der Waals surface area contributed by atoms with Crippen molar-refractivity contribution in [2.24, 2.45) is 5.92 Å². The fourth-order valence-electron chi connectivity index (χ4n) is 1.14. The molecule has 2 atom stereocenters. The molecule has 2 unspecified atom stereocenters. The molecule has 0 saturated carbocycles. The molecule has 0 bridgehead atoms. The lowest BCUT2D eigenvalue weighted by atomic mass is 9.97. The lowest BCUT2D eigenvalue weighted by Crippen LogP contribution is -2.24. The maximum Gasteiger partial charge on any atom is 0.0433 e. The third-order valence-corrected chi connectivity index (χ3v) is 5.05. The molecule has 0 amide bonds. The van der Waals surface area contributed by atoms with Gasteiger partial charge in [0.15, 0.2) is 0 Å². The molecular formula is C10H20Br2O. The van der Waals surface area contributed by atoms with Crippen LogP contribution in [0.4, 0.5) is 0 Å². The predicted molar refractivity (Wildman–Crippen MR) is 65.8 cm³/mol. The Morgan fingerprint density at radius 1 is 1.23 bits per heavy atom. The summed E-state index contributed by atoms with van der Waals surface area (Å²) in [5.74, 6) is 0.625. The Hall–Kier alpha value is 0.920. The van der Waals surface area contributed by atoms with E-state index >= 15 is 0 Å². The molecule has 1 N–H and O–H groups in total. The van der Waals surface area contributed by atoms with E-state index in [4.69, 9.17) is 5.11 Å². The van der Waals surface area contributed by atoms with Gasteiger partial charge in [0.2, 0.25) is 0 Å². The van der Waals surface area contributed by atoms with Crippen molar-refractivity contribution in [3.8, 4) is 0 Å². The van der Waals surface area contributed by atoms with Gasteiger partial charge in [-0.1, -0.05) is 38.8 Å². The zero-order chi connectivity index (χ0) is 10.5. The van der Waals surface area contributed by atoms with Crippen LogP contribution in [-0.2, 0) is 0 Å². The van der Waals surface area contributed by atoms with Crippen LogP contribution in [0, 0.1) is 5.92 Å². The Bertz CT molecular complexity index is 131. The molecule has 0 aliphatic heterocycles. The third kappa shape index (κ3) is 6.92. The molecule has 0 aromatic rings. The standard InChI is InChI=1S/C10H20Br2O/c1-8(6-7-13)4-5-9(11)10(2,3)12/h8-9,13H,4-7H2,1-3H3. The molecule has 0 aromatic carbocycles. The van der Waals surface area contributed by atoms with Crippen LogP contribution in [-0.4, -0.2) is 20.9 Å². The molecule has 0 radical (unpaired) electrons. The van der Waals surface area contributed by atoms with Gasteiger partial charge in [0.1, 0.15) is 0 Å². The zero-order valence-corrected chi connectivity index (χ0v) is 11.9. The SMILES string of the molecule is CC(CCO)CCC(Br)C(C)(C)Br. The summed E-state index contributed by atoms with van der Waals surface area (Å²) in [4.78, 5) is 0.501. The summed E-state index contributed by atoms with van der Waals surface area (Å²) in [6.45, 7) is 6.84. The van der Waals surface area contributed by atoms with E-state index in [0.29, 0.717) is 17.4 Å². The van der Waals surface area contributed by atoms with Gasteiger partial charge in [-0.2, -0.15) is 0 Å². The summed E-state index contributed by atoms with van der Waals surface area (Å²) in [7, 11) is 0. The molecule has 0 aromatic heterocycles. The van der Waals surface area contributed by atoms with Gasteiger partial charge >= 0.3 is 0 Å². The number of alkyl halides is 2. The van der Waals surface area contributed by atoms with E-state index < -0.39 is 0 Å². The van der Waals surface area contributed by atoms with Crippen molar-refractivity contribution in [1.82, 2.24) is 0 Å². The highest BCUT2D eigenvalue weighted by Crippen LogP contribution is 2.31. The maximum atomic E-state index is 8.74. The normalized spacial score (nSPS) is 17.1. The van der Waals surface area contributed by atoms with Gasteiger partial charge in [-0.05, 0) is 39.0 Å². The Labute approximate surface area is 98.6 Å². The van der Waals surface area contributed by atoms with Crippen molar-refractivity contribution < 1.29 is 5.11 Å². The van der Waals surface area contributed by atoms with E-state index in [2.05, 4.69) is 52.6 Å². The maximum absolute atomic E-state index is 8.74. The van der Waals surface area contributed by atoms with Gasteiger partial charge in [0.25, 0.3) is 0 Å².